The number of hydrogen-bond acceptors (Lipinski definition) is 4. The van der Waals surface area contributed by atoms with Gasteiger partial charge in [-0.25, -0.2) is 0 Å². The maximum Gasteiger partial charge on any atom is 0.261 e. The van der Waals surface area contributed by atoms with Gasteiger partial charge >= 0.3 is 0 Å². The van der Waals surface area contributed by atoms with E-state index in [9.17, 15) is 9.59 Å². The van der Waals surface area contributed by atoms with Crippen LogP contribution >= 0.6 is 11.6 Å². The summed E-state index contributed by atoms with van der Waals surface area (Å²) in [6.45, 7) is 2.29. The van der Waals surface area contributed by atoms with Gasteiger partial charge in [0.05, 0.1) is 11.6 Å². The van der Waals surface area contributed by atoms with Crippen LogP contribution in [0.5, 0.6) is 5.75 Å². The van der Waals surface area contributed by atoms with E-state index in [2.05, 4.69) is 10.6 Å². The van der Waals surface area contributed by atoms with Gasteiger partial charge in [0.15, 0.2) is 6.10 Å². The molecule has 7 heteroatoms. The van der Waals surface area contributed by atoms with Crippen molar-refractivity contribution in [2.24, 2.45) is 0 Å². The topological polar surface area (TPSA) is 70.7 Å². The summed E-state index contributed by atoms with van der Waals surface area (Å²) in [5, 5.41) is 6.11. The van der Waals surface area contributed by atoms with Crippen molar-refractivity contribution < 1.29 is 14.3 Å². The highest BCUT2D eigenvalue weighted by Gasteiger charge is 2.15. The highest BCUT2D eigenvalue weighted by molar-refractivity contribution is 6.32. The molecule has 6 nitrogen and oxygen atoms in total. The molecule has 1 atom stereocenters. The molecule has 27 heavy (non-hydrogen) atoms. The Hall–Kier alpha value is -2.57. The van der Waals surface area contributed by atoms with Crippen LogP contribution in [0.25, 0.3) is 0 Å². The van der Waals surface area contributed by atoms with E-state index < -0.39 is 6.10 Å². The molecule has 0 aliphatic heterocycles. The Kier molecular flexibility index (Phi) is 7.64. The van der Waals surface area contributed by atoms with Crippen LogP contribution in [0.3, 0.4) is 0 Å². The summed E-state index contributed by atoms with van der Waals surface area (Å²) in [6, 6.07) is 14.4. The smallest absolute Gasteiger partial charge is 0.261 e. The number of carbonyl (C=O) groups is 2. The molecule has 144 valence electrons. The summed E-state index contributed by atoms with van der Waals surface area (Å²) >= 11 is 6.04. The second kappa shape index (κ2) is 9.94. The molecule has 2 aromatic rings. The lowest BCUT2D eigenvalue weighted by Gasteiger charge is -2.16. The summed E-state index contributed by atoms with van der Waals surface area (Å²) in [4.78, 5) is 25.9. The van der Waals surface area contributed by atoms with Gasteiger partial charge in [0.25, 0.3) is 5.91 Å². The number of halogens is 1. The Morgan fingerprint density at radius 2 is 1.89 bits per heavy atom. The third-order valence-electron chi connectivity index (χ3n) is 3.65. The third kappa shape index (κ3) is 6.92. The molecule has 0 saturated carbocycles. The zero-order chi connectivity index (χ0) is 19.8. The minimum absolute atomic E-state index is 0.0945. The molecular formula is C20H24ClN3O3. The Balaban J connectivity index is 1.88. The maximum absolute atomic E-state index is 12.3. The van der Waals surface area contributed by atoms with Crippen molar-refractivity contribution in [2.75, 3.05) is 26.0 Å². The molecule has 0 saturated heterocycles. The number of para-hydroxylation sites is 1. The zero-order valence-electron chi connectivity index (χ0n) is 15.7. The predicted octanol–water partition coefficient (Wildman–Crippen LogP) is 2.92. The fourth-order valence-corrected chi connectivity index (χ4v) is 2.54. The normalized spacial score (nSPS) is 11.7. The Morgan fingerprint density at radius 1 is 1.15 bits per heavy atom. The van der Waals surface area contributed by atoms with Crippen LogP contribution in [-0.2, 0) is 16.1 Å². The van der Waals surface area contributed by atoms with E-state index >= 15 is 0 Å². The Labute approximate surface area is 164 Å². The van der Waals surface area contributed by atoms with E-state index in [0.717, 1.165) is 5.56 Å². The van der Waals surface area contributed by atoms with Crippen LogP contribution in [0.2, 0.25) is 5.02 Å². The molecule has 0 aliphatic carbocycles. The first-order valence-corrected chi connectivity index (χ1v) is 8.95. The lowest BCUT2D eigenvalue weighted by Crippen LogP contribution is -2.36. The summed E-state index contributed by atoms with van der Waals surface area (Å²) in [7, 11) is 3.66. The van der Waals surface area contributed by atoms with Crippen molar-refractivity contribution in [1.82, 2.24) is 10.2 Å². The number of ether oxygens (including phenoxy) is 1. The lowest BCUT2D eigenvalue weighted by atomic mass is 10.2. The summed E-state index contributed by atoms with van der Waals surface area (Å²) in [6.07, 6.45) is -0.687. The molecule has 0 spiro atoms. The van der Waals surface area contributed by atoms with Crippen molar-refractivity contribution in [1.29, 1.82) is 0 Å². The molecule has 0 fully saturated rings. The van der Waals surface area contributed by atoms with Crippen molar-refractivity contribution in [2.45, 2.75) is 19.6 Å². The van der Waals surface area contributed by atoms with Crippen LogP contribution in [0.15, 0.2) is 48.5 Å². The zero-order valence-corrected chi connectivity index (χ0v) is 16.4. The molecule has 0 bridgehead atoms. The minimum atomic E-state index is -0.687. The van der Waals surface area contributed by atoms with Gasteiger partial charge in [-0.15, -0.1) is 0 Å². The van der Waals surface area contributed by atoms with Gasteiger partial charge in [0.1, 0.15) is 5.75 Å². The van der Waals surface area contributed by atoms with E-state index in [1.54, 1.807) is 36.1 Å². The van der Waals surface area contributed by atoms with E-state index in [0.29, 0.717) is 29.5 Å². The van der Waals surface area contributed by atoms with Crippen LogP contribution in [0.4, 0.5) is 5.69 Å². The molecule has 2 aromatic carbocycles. The molecule has 0 aliphatic rings. The molecule has 0 aromatic heterocycles. The number of amides is 2. The summed E-state index contributed by atoms with van der Waals surface area (Å²) < 4.78 is 5.60. The number of hydrogen-bond donors (Lipinski definition) is 2. The summed E-state index contributed by atoms with van der Waals surface area (Å²) in [5.41, 5.74) is 1.56. The fourth-order valence-electron chi connectivity index (χ4n) is 2.36. The largest absolute Gasteiger partial charge is 0.479 e. The molecule has 2 amide bonds. The predicted molar refractivity (Wildman–Crippen MR) is 107 cm³/mol. The van der Waals surface area contributed by atoms with Gasteiger partial charge in [0, 0.05) is 12.2 Å². The monoisotopic (exact) mass is 389 g/mol. The first-order valence-electron chi connectivity index (χ1n) is 8.57. The highest BCUT2D eigenvalue weighted by Crippen LogP contribution is 2.24. The number of anilines is 1. The Bertz CT molecular complexity index is 796. The van der Waals surface area contributed by atoms with Gasteiger partial charge in [0.2, 0.25) is 5.91 Å². The Morgan fingerprint density at radius 3 is 2.59 bits per heavy atom. The molecule has 0 heterocycles. The number of likely N-dealkylation sites (N-methyl/N-ethyl adjacent to an activating group) is 1. The van der Waals surface area contributed by atoms with E-state index in [1.165, 1.54) is 0 Å². The van der Waals surface area contributed by atoms with Crippen LogP contribution < -0.4 is 15.4 Å². The molecule has 2 N–H and O–H groups in total. The van der Waals surface area contributed by atoms with Gasteiger partial charge in [-0.05, 0) is 50.8 Å². The molecule has 2 rings (SSSR count). The number of rotatable bonds is 8. The minimum Gasteiger partial charge on any atom is -0.479 e. The van der Waals surface area contributed by atoms with E-state index in [4.69, 9.17) is 16.3 Å². The first kappa shape index (κ1) is 20.7. The SMILES string of the molecule is CC(Oc1ccccc1Cl)C(=O)NCc1cccc(NC(=O)CN(C)C)c1. The standard InChI is InChI=1S/C20H24ClN3O3/c1-14(27-18-10-5-4-9-17(18)21)20(26)22-12-15-7-6-8-16(11-15)23-19(25)13-24(2)3/h4-11,14H,12-13H2,1-3H3,(H,22,26)(H,23,25). The average Bonchev–Trinajstić information content (AvgIpc) is 2.61. The van der Waals surface area contributed by atoms with Crippen molar-refractivity contribution >= 4 is 29.1 Å². The second-order valence-corrected chi connectivity index (χ2v) is 6.80. The number of nitrogens with one attached hydrogen (secondary N) is 2. The number of benzene rings is 2. The van der Waals surface area contributed by atoms with Crippen molar-refractivity contribution in [3.63, 3.8) is 0 Å². The maximum atomic E-state index is 12.3. The quantitative estimate of drug-likeness (QED) is 0.728. The van der Waals surface area contributed by atoms with Crippen LogP contribution in [-0.4, -0.2) is 43.5 Å². The van der Waals surface area contributed by atoms with Gasteiger partial charge in [-0.2, -0.15) is 0 Å². The third-order valence-corrected chi connectivity index (χ3v) is 3.96. The van der Waals surface area contributed by atoms with E-state index in [-0.39, 0.29) is 11.8 Å². The van der Waals surface area contributed by atoms with Crippen molar-refractivity contribution in [3.8, 4) is 5.75 Å². The average molecular weight is 390 g/mol. The van der Waals surface area contributed by atoms with Gasteiger partial charge < -0.3 is 20.3 Å². The molecular weight excluding hydrogens is 366 g/mol. The number of carbonyl (C=O) groups excluding carboxylic acids is 2. The van der Waals surface area contributed by atoms with Crippen LogP contribution in [0, 0.1) is 0 Å². The second-order valence-electron chi connectivity index (χ2n) is 6.39. The summed E-state index contributed by atoms with van der Waals surface area (Å²) in [5.74, 6) is 0.118. The van der Waals surface area contributed by atoms with Crippen LogP contribution in [0.1, 0.15) is 12.5 Å². The highest BCUT2D eigenvalue weighted by atomic mass is 35.5. The lowest BCUT2D eigenvalue weighted by molar-refractivity contribution is -0.127. The van der Waals surface area contributed by atoms with E-state index in [1.807, 2.05) is 38.4 Å². The van der Waals surface area contributed by atoms with Gasteiger partial charge in [-0.1, -0.05) is 35.9 Å². The molecule has 0 radical (unpaired) electrons. The fraction of sp³-hybridized carbons (Fsp3) is 0.300. The number of nitrogens with zero attached hydrogens (tertiary/aromatic N) is 1. The van der Waals surface area contributed by atoms with Gasteiger partial charge in [-0.3, -0.25) is 9.59 Å². The molecule has 1 unspecified atom stereocenters. The van der Waals surface area contributed by atoms with Crippen molar-refractivity contribution in [3.05, 3.63) is 59.1 Å². The first-order chi connectivity index (χ1) is 12.8.